The summed E-state index contributed by atoms with van der Waals surface area (Å²) in [5.41, 5.74) is 4.03. The second-order valence-electron chi connectivity index (χ2n) is 19.6. The van der Waals surface area contributed by atoms with Gasteiger partial charge in [0.2, 0.25) is 11.8 Å². The quantitative estimate of drug-likeness (QED) is 0.0288. The van der Waals surface area contributed by atoms with E-state index in [1.54, 1.807) is 60.0 Å². The Hall–Kier alpha value is -6.93. The van der Waals surface area contributed by atoms with E-state index in [4.69, 9.17) is 33.5 Å². The fraction of sp³-hybridized carbons (Fsp3) is 0.545. The zero-order valence-corrected chi connectivity index (χ0v) is 46.6. The topological polar surface area (TPSA) is 227 Å². The number of esters is 2. The van der Waals surface area contributed by atoms with Crippen molar-refractivity contribution in [3.63, 3.8) is 0 Å². The van der Waals surface area contributed by atoms with Crippen LogP contribution in [0.4, 0.5) is 0 Å². The highest BCUT2D eigenvalue weighted by atomic mass is 16.5. The maximum absolute atomic E-state index is 14.1. The molecule has 412 valence electrons. The molecule has 0 bridgehead atoms. The predicted octanol–water partition coefficient (Wildman–Crippen LogP) is 6.82. The molecule has 0 spiro atoms. The zero-order valence-electron chi connectivity index (χ0n) is 46.6. The molecule has 3 amide bonds. The van der Waals surface area contributed by atoms with Crippen LogP contribution in [0.2, 0.25) is 0 Å². The molecule has 2 aromatic carbocycles. The molecule has 0 radical (unpaired) electrons. The highest BCUT2D eigenvalue weighted by molar-refractivity contribution is 5.97. The Bertz CT molecular complexity index is 2570. The van der Waals surface area contributed by atoms with E-state index < -0.39 is 48.6 Å². The normalized spacial score (nSPS) is 12.5. The van der Waals surface area contributed by atoms with Crippen LogP contribution in [0.5, 0.6) is 23.0 Å². The van der Waals surface area contributed by atoms with E-state index in [-0.39, 0.29) is 61.0 Å². The van der Waals surface area contributed by atoms with Gasteiger partial charge in [-0.3, -0.25) is 38.7 Å². The minimum Gasteiger partial charge on any atom is -0.496 e. The maximum Gasteiger partial charge on any atom is 0.325 e. The van der Waals surface area contributed by atoms with E-state index in [0.29, 0.717) is 64.2 Å². The average molecular weight is 1050 g/mol. The summed E-state index contributed by atoms with van der Waals surface area (Å²) in [4.78, 5) is 69.3. The van der Waals surface area contributed by atoms with Gasteiger partial charge in [-0.25, -0.2) is 0 Å². The van der Waals surface area contributed by atoms with Gasteiger partial charge in [-0.15, -0.1) is 0 Å². The summed E-state index contributed by atoms with van der Waals surface area (Å²) in [6.07, 6.45) is 2.42. The Labute approximate surface area is 442 Å². The molecule has 2 aromatic heterocycles. The number of carbonyl (C=O) groups excluding carboxylic acids is 5. The highest BCUT2D eigenvalue weighted by Crippen LogP contribution is 2.43. The van der Waals surface area contributed by atoms with Gasteiger partial charge in [0.1, 0.15) is 60.7 Å². The summed E-state index contributed by atoms with van der Waals surface area (Å²) in [6.45, 7) is 16.0. The fourth-order valence-electron chi connectivity index (χ4n) is 8.60. The summed E-state index contributed by atoms with van der Waals surface area (Å²) in [5.74, 6) is -0.435. The van der Waals surface area contributed by atoms with Crippen molar-refractivity contribution in [3.8, 4) is 45.5 Å². The van der Waals surface area contributed by atoms with Crippen LogP contribution >= 0.6 is 0 Å². The van der Waals surface area contributed by atoms with Crippen molar-refractivity contribution in [2.75, 3.05) is 62.7 Å². The molecule has 3 atom stereocenters. The molecule has 0 aliphatic heterocycles. The number of carbonyl (C=O) groups is 5. The van der Waals surface area contributed by atoms with E-state index in [0.717, 1.165) is 18.4 Å². The molecule has 20 heteroatoms. The maximum atomic E-state index is 14.1. The van der Waals surface area contributed by atoms with E-state index in [2.05, 4.69) is 29.6 Å². The van der Waals surface area contributed by atoms with Crippen molar-refractivity contribution in [1.29, 1.82) is 0 Å². The number of aromatic nitrogens is 4. The number of ether oxygens (including phenoxy) is 6. The number of methoxy groups -OCH3 is 5. The fourth-order valence-corrected chi connectivity index (χ4v) is 8.60. The Balaban J connectivity index is 1.60. The van der Waals surface area contributed by atoms with Gasteiger partial charge in [0.25, 0.3) is 5.91 Å². The lowest BCUT2D eigenvalue weighted by atomic mass is 10.0. The SMILES string of the molecule is CCC(CC)Cn1nc(C(O)N[C@@H](C=C(C)C)CC(=O)N(C)CC(=O)OC)cc1-c1c(OC)ccc(COC(=O)CN(C)C(=O)C(CC(C)C)NC(=O)c2cc(-c3c(OC)cccc3OC)n(CC(C)C)n2)c1OC. The van der Waals surface area contributed by atoms with Crippen LogP contribution in [0.25, 0.3) is 22.5 Å². The van der Waals surface area contributed by atoms with Gasteiger partial charge >= 0.3 is 11.9 Å². The number of aliphatic hydroxyl groups is 1. The molecule has 2 unspecified atom stereocenters. The van der Waals surface area contributed by atoms with Crippen molar-refractivity contribution >= 4 is 29.7 Å². The van der Waals surface area contributed by atoms with Gasteiger partial charge in [0.15, 0.2) is 5.69 Å². The minimum absolute atomic E-state index is 0.00674. The lowest BCUT2D eigenvalue weighted by Gasteiger charge is -2.25. The number of nitrogens with zero attached hydrogens (tertiary/aromatic N) is 6. The van der Waals surface area contributed by atoms with Crippen LogP contribution in [-0.2, 0) is 48.3 Å². The third kappa shape index (κ3) is 16.5. The number of benzene rings is 2. The molecule has 0 fully saturated rings. The van der Waals surface area contributed by atoms with Crippen LogP contribution in [0.15, 0.2) is 54.1 Å². The lowest BCUT2D eigenvalue weighted by molar-refractivity contribution is -0.150. The summed E-state index contributed by atoms with van der Waals surface area (Å²) >= 11 is 0. The summed E-state index contributed by atoms with van der Waals surface area (Å²) in [7, 11) is 10.4. The molecule has 4 aromatic rings. The van der Waals surface area contributed by atoms with Crippen LogP contribution in [0.1, 0.15) is 109 Å². The molecule has 0 saturated heterocycles. The predicted molar refractivity (Wildman–Crippen MR) is 284 cm³/mol. The number of allylic oxidation sites excluding steroid dienone is 1. The third-order valence-electron chi connectivity index (χ3n) is 12.5. The smallest absolute Gasteiger partial charge is 0.325 e. The number of hydrogen-bond acceptors (Lipinski definition) is 15. The first kappa shape index (κ1) is 60.6. The van der Waals surface area contributed by atoms with Gasteiger partial charge in [0, 0.05) is 45.2 Å². The number of hydrogen-bond donors (Lipinski definition) is 3. The van der Waals surface area contributed by atoms with Crippen molar-refractivity contribution < 1.29 is 57.5 Å². The molecule has 20 nitrogen and oxygen atoms in total. The first-order valence-corrected chi connectivity index (χ1v) is 25.4. The van der Waals surface area contributed by atoms with Crippen molar-refractivity contribution in [3.05, 3.63) is 71.1 Å². The van der Waals surface area contributed by atoms with Crippen LogP contribution in [0, 0.1) is 17.8 Å². The van der Waals surface area contributed by atoms with Crippen molar-refractivity contribution in [2.45, 2.75) is 119 Å². The van der Waals surface area contributed by atoms with Gasteiger partial charge in [-0.1, -0.05) is 72.1 Å². The van der Waals surface area contributed by atoms with E-state index in [9.17, 15) is 29.1 Å². The summed E-state index contributed by atoms with van der Waals surface area (Å²) in [6, 6.07) is 10.6. The third-order valence-corrected chi connectivity index (χ3v) is 12.5. The number of nitrogens with one attached hydrogen (secondary N) is 2. The second-order valence-corrected chi connectivity index (χ2v) is 19.6. The standard InChI is InChI=1S/C55H80N8O12/c1-16-36(17-2)29-63-43(27-39(59-63)53(67)56-38(23-33(3)4)25-47(64)60(9)30-48(65)73-14)51-46(72-13)22-21-37(52(51)74-15)32-75-49(66)31-61(10)55(69)41(24-34(5)6)57-54(68)40-26-42(62(58-40)28-35(7)8)50-44(70-11)19-18-20-45(50)71-12/h18-23,26-27,34-36,38,41,53,56,67H,16-17,24-25,28-32H2,1-15H3,(H,57,68)/t38-,41?,53?/m0/s1. The van der Waals surface area contributed by atoms with E-state index in [1.165, 1.54) is 45.2 Å². The van der Waals surface area contributed by atoms with Gasteiger partial charge in [0.05, 0.1) is 58.1 Å². The Morgan fingerprint density at radius 3 is 1.91 bits per heavy atom. The van der Waals surface area contributed by atoms with Gasteiger partial charge < -0.3 is 48.6 Å². The van der Waals surface area contributed by atoms with E-state index >= 15 is 0 Å². The molecule has 0 aliphatic carbocycles. The average Bonchev–Trinajstić information content (AvgIpc) is 3.99. The number of amides is 3. The minimum atomic E-state index is -1.34. The summed E-state index contributed by atoms with van der Waals surface area (Å²) in [5, 5.41) is 27.3. The Morgan fingerprint density at radius 2 is 1.35 bits per heavy atom. The van der Waals surface area contributed by atoms with Crippen molar-refractivity contribution in [1.82, 2.24) is 40.0 Å². The Morgan fingerprint density at radius 1 is 0.747 bits per heavy atom. The van der Waals surface area contributed by atoms with Crippen LogP contribution in [-0.4, -0.2) is 139 Å². The second kappa shape index (κ2) is 28.7. The first-order valence-electron chi connectivity index (χ1n) is 25.4. The number of aliphatic hydroxyl groups excluding tert-OH is 1. The Kier molecular flexibility index (Phi) is 23.2. The number of rotatable bonds is 29. The van der Waals surface area contributed by atoms with E-state index in [1.807, 2.05) is 53.7 Å². The lowest BCUT2D eigenvalue weighted by Crippen LogP contribution is -2.49. The molecule has 2 heterocycles. The molecule has 3 N–H and O–H groups in total. The monoisotopic (exact) mass is 1040 g/mol. The molecule has 4 rings (SSSR count). The first-order chi connectivity index (χ1) is 35.6. The molecular formula is C55H80N8O12. The highest BCUT2D eigenvalue weighted by Gasteiger charge is 2.31. The molecule has 75 heavy (non-hydrogen) atoms. The van der Waals surface area contributed by atoms with Gasteiger partial charge in [-0.05, 0) is 74.4 Å². The molecule has 0 aliphatic rings. The summed E-state index contributed by atoms with van der Waals surface area (Å²) < 4.78 is 37.3. The molecule has 0 saturated carbocycles. The van der Waals surface area contributed by atoms with Crippen molar-refractivity contribution in [2.24, 2.45) is 17.8 Å². The van der Waals surface area contributed by atoms with Crippen LogP contribution < -0.4 is 29.6 Å². The largest absolute Gasteiger partial charge is 0.496 e. The zero-order chi connectivity index (χ0) is 55.7. The molecular weight excluding hydrogens is 965 g/mol. The number of likely N-dealkylation sites (N-methyl/N-ethyl adjacent to an activating group) is 2. The van der Waals surface area contributed by atoms with Gasteiger partial charge in [-0.2, -0.15) is 10.2 Å². The van der Waals surface area contributed by atoms with Crippen LogP contribution in [0.3, 0.4) is 0 Å².